The van der Waals surface area contributed by atoms with Gasteiger partial charge in [-0.1, -0.05) is 44.2 Å². The maximum Gasteiger partial charge on any atom is 0.333 e. The first kappa shape index (κ1) is 16.4. The average molecular weight is 275 g/mol. The molecule has 3 nitrogen and oxygen atoms in total. The number of ether oxygens (including phenoxy) is 1. The van der Waals surface area contributed by atoms with Gasteiger partial charge in [-0.25, -0.2) is 4.79 Å². The molecule has 0 aliphatic carbocycles. The van der Waals surface area contributed by atoms with Crippen molar-refractivity contribution in [3.05, 3.63) is 47.0 Å². The quantitative estimate of drug-likeness (QED) is 0.612. The Morgan fingerprint density at radius 2 is 1.95 bits per heavy atom. The summed E-state index contributed by atoms with van der Waals surface area (Å²) in [4.78, 5) is 11.4. The molecule has 0 radical (unpaired) electrons. The van der Waals surface area contributed by atoms with E-state index in [2.05, 4.69) is 43.4 Å². The van der Waals surface area contributed by atoms with Crippen LogP contribution in [0.1, 0.15) is 44.4 Å². The van der Waals surface area contributed by atoms with Gasteiger partial charge in [0.1, 0.15) is 0 Å². The number of hydrogen-bond donors (Lipinski definition) is 1. The van der Waals surface area contributed by atoms with Crippen LogP contribution in [0.2, 0.25) is 0 Å². The Balaban J connectivity index is 2.55. The first-order chi connectivity index (χ1) is 9.62. The SMILES string of the molecule is CC/C(=C/CNC(C)c1ccc(CC)cc1)C(=O)OC. The number of rotatable bonds is 7. The second-order valence-corrected chi connectivity index (χ2v) is 4.80. The number of methoxy groups -OCH3 is 1. The monoisotopic (exact) mass is 275 g/mol. The minimum atomic E-state index is -0.241. The van der Waals surface area contributed by atoms with Crippen LogP contribution in [-0.2, 0) is 16.0 Å². The predicted octanol–water partition coefficient (Wildman–Crippen LogP) is 3.41. The first-order valence-electron chi connectivity index (χ1n) is 7.21. The van der Waals surface area contributed by atoms with Gasteiger partial charge in [0.05, 0.1) is 7.11 Å². The molecule has 0 aliphatic heterocycles. The molecule has 1 aromatic rings. The van der Waals surface area contributed by atoms with Gasteiger partial charge >= 0.3 is 5.97 Å². The van der Waals surface area contributed by atoms with E-state index in [0.717, 1.165) is 6.42 Å². The van der Waals surface area contributed by atoms with Gasteiger partial charge in [0, 0.05) is 18.2 Å². The molecule has 0 saturated heterocycles. The summed E-state index contributed by atoms with van der Waals surface area (Å²) in [6.07, 6.45) is 3.65. The molecule has 110 valence electrons. The lowest BCUT2D eigenvalue weighted by Gasteiger charge is -2.13. The summed E-state index contributed by atoms with van der Waals surface area (Å²) in [6, 6.07) is 8.89. The van der Waals surface area contributed by atoms with E-state index >= 15 is 0 Å². The molecule has 0 spiro atoms. The molecule has 1 N–H and O–H groups in total. The van der Waals surface area contributed by atoms with E-state index in [0.29, 0.717) is 18.5 Å². The van der Waals surface area contributed by atoms with Gasteiger partial charge < -0.3 is 10.1 Å². The normalized spacial score (nSPS) is 13.1. The van der Waals surface area contributed by atoms with Crippen LogP contribution in [0.5, 0.6) is 0 Å². The Labute approximate surface area is 122 Å². The van der Waals surface area contributed by atoms with Crippen LogP contribution in [0.15, 0.2) is 35.9 Å². The van der Waals surface area contributed by atoms with E-state index in [-0.39, 0.29) is 12.0 Å². The first-order valence-corrected chi connectivity index (χ1v) is 7.21. The van der Waals surface area contributed by atoms with Crippen LogP contribution in [0.4, 0.5) is 0 Å². The Morgan fingerprint density at radius 1 is 1.30 bits per heavy atom. The Hall–Kier alpha value is -1.61. The fraction of sp³-hybridized carbons (Fsp3) is 0.471. The van der Waals surface area contributed by atoms with Crippen molar-refractivity contribution < 1.29 is 9.53 Å². The molecular weight excluding hydrogens is 250 g/mol. The zero-order valence-corrected chi connectivity index (χ0v) is 12.9. The van der Waals surface area contributed by atoms with Gasteiger partial charge in [-0.2, -0.15) is 0 Å². The predicted molar refractivity (Wildman–Crippen MR) is 82.6 cm³/mol. The van der Waals surface area contributed by atoms with Crippen molar-refractivity contribution in [3.63, 3.8) is 0 Å². The number of benzene rings is 1. The second kappa shape index (κ2) is 8.54. The Morgan fingerprint density at radius 3 is 2.45 bits per heavy atom. The van der Waals surface area contributed by atoms with Gasteiger partial charge in [-0.15, -0.1) is 0 Å². The van der Waals surface area contributed by atoms with Crippen molar-refractivity contribution in [1.82, 2.24) is 5.32 Å². The number of carbonyl (C=O) groups excluding carboxylic acids is 1. The number of carbonyl (C=O) groups is 1. The zero-order valence-electron chi connectivity index (χ0n) is 12.9. The smallest absolute Gasteiger partial charge is 0.333 e. The highest BCUT2D eigenvalue weighted by molar-refractivity contribution is 5.88. The molecule has 0 fully saturated rings. The summed E-state index contributed by atoms with van der Waals surface area (Å²) < 4.78 is 4.74. The third kappa shape index (κ3) is 4.82. The van der Waals surface area contributed by atoms with E-state index < -0.39 is 0 Å². The highest BCUT2D eigenvalue weighted by Gasteiger charge is 2.07. The highest BCUT2D eigenvalue weighted by atomic mass is 16.5. The van der Waals surface area contributed by atoms with Gasteiger partial charge in [0.25, 0.3) is 0 Å². The van der Waals surface area contributed by atoms with Crippen molar-refractivity contribution in [2.75, 3.05) is 13.7 Å². The van der Waals surface area contributed by atoms with Crippen molar-refractivity contribution in [3.8, 4) is 0 Å². The van der Waals surface area contributed by atoms with Gasteiger partial charge in [0.15, 0.2) is 0 Å². The molecule has 1 unspecified atom stereocenters. The van der Waals surface area contributed by atoms with Crippen molar-refractivity contribution in [1.29, 1.82) is 0 Å². The standard InChI is InChI=1S/C17H25NO2/c1-5-14-7-9-16(10-8-14)13(3)18-12-11-15(6-2)17(19)20-4/h7-11,13,18H,5-6,12H2,1-4H3/b15-11-. The van der Waals surface area contributed by atoms with Crippen LogP contribution in [0.3, 0.4) is 0 Å². The minimum Gasteiger partial charge on any atom is -0.466 e. The Bertz CT molecular complexity index is 449. The molecule has 1 rings (SSSR count). The van der Waals surface area contributed by atoms with Crippen LogP contribution in [-0.4, -0.2) is 19.6 Å². The van der Waals surface area contributed by atoms with Gasteiger partial charge in [-0.05, 0) is 30.9 Å². The molecule has 0 aliphatic rings. The molecular formula is C17H25NO2. The zero-order chi connectivity index (χ0) is 15.0. The van der Waals surface area contributed by atoms with Crippen LogP contribution >= 0.6 is 0 Å². The van der Waals surface area contributed by atoms with E-state index in [9.17, 15) is 4.79 Å². The lowest BCUT2D eigenvalue weighted by molar-refractivity contribution is -0.136. The van der Waals surface area contributed by atoms with Gasteiger partial charge in [-0.3, -0.25) is 0 Å². The lowest BCUT2D eigenvalue weighted by atomic mass is 10.0. The second-order valence-electron chi connectivity index (χ2n) is 4.80. The molecule has 0 saturated carbocycles. The third-order valence-electron chi connectivity index (χ3n) is 3.49. The maximum absolute atomic E-state index is 11.4. The van der Waals surface area contributed by atoms with E-state index in [1.165, 1.54) is 18.2 Å². The summed E-state index contributed by atoms with van der Waals surface area (Å²) >= 11 is 0. The molecule has 3 heteroatoms. The lowest BCUT2D eigenvalue weighted by Crippen LogP contribution is -2.19. The fourth-order valence-electron chi connectivity index (χ4n) is 2.02. The average Bonchev–Trinajstić information content (AvgIpc) is 2.50. The van der Waals surface area contributed by atoms with Crippen molar-refractivity contribution in [2.45, 2.75) is 39.7 Å². The minimum absolute atomic E-state index is 0.241. The largest absolute Gasteiger partial charge is 0.466 e. The maximum atomic E-state index is 11.4. The van der Waals surface area contributed by atoms with Crippen LogP contribution < -0.4 is 5.32 Å². The van der Waals surface area contributed by atoms with E-state index in [4.69, 9.17) is 4.74 Å². The van der Waals surface area contributed by atoms with Crippen LogP contribution in [0, 0.1) is 0 Å². The number of hydrogen-bond acceptors (Lipinski definition) is 3. The molecule has 1 atom stereocenters. The summed E-state index contributed by atoms with van der Waals surface area (Å²) in [5.41, 5.74) is 3.32. The molecule has 20 heavy (non-hydrogen) atoms. The molecule has 0 amide bonds. The van der Waals surface area contributed by atoms with Crippen molar-refractivity contribution in [2.24, 2.45) is 0 Å². The summed E-state index contributed by atoms with van der Waals surface area (Å²) in [7, 11) is 1.41. The molecule has 0 heterocycles. The molecule has 1 aromatic carbocycles. The molecule has 0 bridgehead atoms. The van der Waals surface area contributed by atoms with E-state index in [1.54, 1.807) is 0 Å². The topological polar surface area (TPSA) is 38.3 Å². The Kier molecular flexibility index (Phi) is 7.02. The summed E-state index contributed by atoms with van der Waals surface area (Å²) in [5.74, 6) is -0.241. The van der Waals surface area contributed by atoms with Crippen molar-refractivity contribution >= 4 is 5.97 Å². The highest BCUT2D eigenvalue weighted by Crippen LogP contribution is 2.13. The summed E-state index contributed by atoms with van der Waals surface area (Å²) in [5, 5.41) is 3.40. The number of esters is 1. The van der Waals surface area contributed by atoms with Crippen LogP contribution in [0.25, 0.3) is 0 Å². The van der Waals surface area contributed by atoms with E-state index in [1.807, 2.05) is 13.0 Å². The fourth-order valence-corrected chi connectivity index (χ4v) is 2.02. The number of aryl methyl sites for hydroxylation is 1. The molecule has 0 aromatic heterocycles. The van der Waals surface area contributed by atoms with Gasteiger partial charge in [0.2, 0.25) is 0 Å². The third-order valence-corrected chi connectivity index (χ3v) is 3.49. The number of nitrogens with one attached hydrogen (secondary N) is 1. The summed E-state index contributed by atoms with van der Waals surface area (Å²) in [6.45, 7) is 6.89.